The van der Waals surface area contributed by atoms with E-state index in [-0.39, 0.29) is 5.82 Å². The second-order valence-electron chi connectivity index (χ2n) is 6.45. The second kappa shape index (κ2) is 7.57. The number of amides is 1. The minimum atomic E-state index is -0.942. The minimum Gasteiger partial charge on any atom is -0.449 e. The average Bonchev–Trinajstić information content (AvgIpc) is 3.03. The SMILES string of the molecule is CCC(OC(=O)c1cc(C)nc2ccc(C)cc12)C(=O)Nc1cc(C)on1. The molecular weight excluding hydrogens is 346 g/mol. The van der Waals surface area contributed by atoms with Gasteiger partial charge in [-0.2, -0.15) is 0 Å². The first kappa shape index (κ1) is 18.6. The highest BCUT2D eigenvalue weighted by Gasteiger charge is 2.24. The van der Waals surface area contributed by atoms with Crippen LogP contribution in [0.1, 0.15) is 40.7 Å². The van der Waals surface area contributed by atoms with Gasteiger partial charge in [-0.05, 0) is 45.4 Å². The number of aryl methyl sites for hydroxylation is 3. The van der Waals surface area contributed by atoms with Gasteiger partial charge in [0.05, 0.1) is 11.1 Å². The molecule has 7 heteroatoms. The van der Waals surface area contributed by atoms with Crippen LogP contribution in [-0.2, 0) is 9.53 Å². The van der Waals surface area contributed by atoms with E-state index < -0.39 is 18.0 Å². The molecule has 1 amide bonds. The number of rotatable bonds is 5. The average molecular weight is 367 g/mol. The Hall–Kier alpha value is -3.22. The molecule has 2 aromatic heterocycles. The summed E-state index contributed by atoms with van der Waals surface area (Å²) in [5, 5.41) is 7.01. The molecule has 27 heavy (non-hydrogen) atoms. The van der Waals surface area contributed by atoms with Crippen LogP contribution in [0.5, 0.6) is 0 Å². The molecule has 0 aliphatic rings. The van der Waals surface area contributed by atoms with E-state index in [0.717, 1.165) is 5.56 Å². The Morgan fingerprint density at radius 3 is 2.63 bits per heavy atom. The second-order valence-corrected chi connectivity index (χ2v) is 6.45. The van der Waals surface area contributed by atoms with Gasteiger partial charge in [-0.15, -0.1) is 0 Å². The monoisotopic (exact) mass is 367 g/mol. The van der Waals surface area contributed by atoms with Crippen molar-refractivity contribution in [1.82, 2.24) is 10.1 Å². The maximum absolute atomic E-state index is 12.8. The molecule has 0 aliphatic heterocycles. The summed E-state index contributed by atoms with van der Waals surface area (Å²) in [6.07, 6.45) is -0.613. The number of pyridine rings is 1. The van der Waals surface area contributed by atoms with Crippen molar-refractivity contribution in [3.05, 3.63) is 52.9 Å². The number of ether oxygens (including phenoxy) is 1. The molecule has 0 fully saturated rings. The normalized spacial score (nSPS) is 12.0. The highest BCUT2D eigenvalue weighted by molar-refractivity contribution is 6.05. The number of hydrogen-bond acceptors (Lipinski definition) is 6. The topological polar surface area (TPSA) is 94.3 Å². The zero-order valence-electron chi connectivity index (χ0n) is 15.7. The van der Waals surface area contributed by atoms with Crippen LogP contribution in [0.25, 0.3) is 10.9 Å². The van der Waals surface area contributed by atoms with Gasteiger partial charge in [0.15, 0.2) is 11.9 Å². The Balaban J connectivity index is 1.83. The van der Waals surface area contributed by atoms with E-state index in [1.165, 1.54) is 0 Å². The standard InChI is InChI=1S/C20H21N3O4/c1-5-17(19(24)22-18-10-13(4)27-23-18)26-20(25)15-9-12(3)21-16-7-6-11(2)8-14(15)16/h6-10,17H,5H2,1-4H3,(H,22,23,24). The summed E-state index contributed by atoms with van der Waals surface area (Å²) in [5.74, 6) is -0.155. The molecule has 1 N–H and O–H groups in total. The zero-order valence-corrected chi connectivity index (χ0v) is 15.7. The molecule has 2 heterocycles. The molecule has 0 saturated heterocycles. The molecule has 7 nitrogen and oxygen atoms in total. The van der Waals surface area contributed by atoms with E-state index in [1.807, 2.05) is 32.0 Å². The number of fused-ring (bicyclic) bond motifs is 1. The van der Waals surface area contributed by atoms with Gasteiger partial charge in [-0.3, -0.25) is 9.78 Å². The van der Waals surface area contributed by atoms with Crippen molar-refractivity contribution in [2.45, 2.75) is 40.2 Å². The third-order valence-corrected chi connectivity index (χ3v) is 4.10. The molecule has 0 aliphatic carbocycles. The van der Waals surface area contributed by atoms with Gasteiger partial charge < -0.3 is 14.6 Å². The largest absolute Gasteiger partial charge is 0.449 e. The molecule has 0 saturated carbocycles. The Labute approximate surface area is 156 Å². The first-order chi connectivity index (χ1) is 12.9. The van der Waals surface area contributed by atoms with Crippen molar-refractivity contribution in [1.29, 1.82) is 0 Å². The summed E-state index contributed by atoms with van der Waals surface area (Å²) >= 11 is 0. The summed E-state index contributed by atoms with van der Waals surface area (Å²) in [6.45, 7) is 7.24. The van der Waals surface area contributed by atoms with Gasteiger partial charge in [-0.25, -0.2) is 4.79 Å². The van der Waals surface area contributed by atoms with Gasteiger partial charge in [0.25, 0.3) is 5.91 Å². The van der Waals surface area contributed by atoms with Crippen LogP contribution in [0.15, 0.2) is 34.9 Å². The Morgan fingerprint density at radius 2 is 1.96 bits per heavy atom. The van der Waals surface area contributed by atoms with Crippen LogP contribution in [0.4, 0.5) is 5.82 Å². The van der Waals surface area contributed by atoms with E-state index in [2.05, 4.69) is 15.5 Å². The fraction of sp³-hybridized carbons (Fsp3) is 0.300. The number of hydrogen-bond donors (Lipinski definition) is 1. The zero-order chi connectivity index (χ0) is 19.6. The molecular formula is C20H21N3O4. The van der Waals surface area contributed by atoms with E-state index >= 15 is 0 Å². The maximum atomic E-state index is 12.8. The van der Waals surface area contributed by atoms with Crippen molar-refractivity contribution in [2.24, 2.45) is 0 Å². The molecule has 1 aromatic carbocycles. The third-order valence-electron chi connectivity index (χ3n) is 4.10. The highest BCUT2D eigenvalue weighted by Crippen LogP contribution is 2.22. The molecule has 0 radical (unpaired) electrons. The van der Waals surface area contributed by atoms with E-state index in [4.69, 9.17) is 9.26 Å². The number of carbonyl (C=O) groups is 2. The quantitative estimate of drug-likeness (QED) is 0.691. The van der Waals surface area contributed by atoms with Crippen molar-refractivity contribution in [2.75, 3.05) is 5.32 Å². The predicted octanol–water partition coefficient (Wildman–Crippen LogP) is 3.72. The molecule has 0 spiro atoms. The summed E-state index contributed by atoms with van der Waals surface area (Å²) in [7, 11) is 0. The van der Waals surface area contributed by atoms with Crippen LogP contribution in [0.2, 0.25) is 0 Å². The van der Waals surface area contributed by atoms with E-state index in [0.29, 0.717) is 34.3 Å². The lowest BCUT2D eigenvalue weighted by Crippen LogP contribution is -2.32. The summed E-state index contributed by atoms with van der Waals surface area (Å²) < 4.78 is 10.4. The third kappa shape index (κ3) is 4.13. The molecule has 3 aromatic rings. The van der Waals surface area contributed by atoms with Gasteiger partial charge >= 0.3 is 5.97 Å². The number of benzene rings is 1. The Morgan fingerprint density at radius 1 is 1.19 bits per heavy atom. The van der Waals surface area contributed by atoms with Gasteiger partial charge in [0.2, 0.25) is 0 Å². The lowest BCUT2D eigenvalue weighted by Gasteiger charge is -2.16. The van der Waals surface area contributed by atoms with Crippen LogP contribution in [-0.4, -0.2) is 28.1 Å². The number of carbonyl (C=O) groups excluding carboxylic acids is 2. The summed E-state index contributed by atoms with van der Waals surface area (Å²) in [6, 6.07) is 8.96. The number of anilines is 1. The van der Waals surface area contributed by atoms with Gasteiger partial charge in [0.1, 0.15) is 5.76 Å². The van der Waals surface area contributed by atoms with E-state index in [9.17, 15) is 9.59 Å². The molecule has 140 valence electrons. The van der Waals surface area contributed by atoms with Crippen LogP contribution in [0, 0.1) is 20.8 Å². The first-order valence-electron chi connectivity index (χ1n) is 8.70. The fourth-order valence-electron chi connectivity index (χ4n) is 2.79. The molecule has 1 unspecified atom stereocenters. The number of nitrogens with one attached hydrogen (secondary N) is 1. The molecule has 0 bridgehead atoms. The summed E-state index contributed by atoms with van der Waals surface area (Å²) in [5.41, 5.74) is 2.81. The highest BCUT2D eigenvalue weighted by atomic mass is 16.5. The van der Waals surface area contributed by atoms with E-state index in [1.54, 1.807) is 26.0 Å². The van der Waals surface area contributed by atoms with Crippen LogP contribution >= 0.6 is 0 Å². The summed E-state index contributed by atoms with van der Waals surface area (Å²) in [4.78, 5) is 29.7. The van der Waals surface area contributed by atoms with Crippen molar-refractivity contribution >= 4 is 28.6 Å². The smallest absolute Gasteiger partial charge is 0.339 e. The van der Waals surface area contributed by atoms with Crippen molar-refractivity contribution in [3.63, 3.8) is 0 Å². The lowest BCUT2D eigenvalue weighted by molar-refractivity contribution is -0.124. The number of aromatic nitrogens is 2. The number of nitrogens with zero attached hydrogens (tertiary/aromatic N) is 2. The Kier molecular flexibility index (Phi) is 5.21. The molecule has 1 atom stereocenters. The van der Waals surface area contributed by atoms with Crippen molar-refractivity contribution in [3.8, 4) is 0 Å². The van der Waals surface area contributed by atoms with Crippen molar-refractivity contribution < 1.29 is 18.8 Å². The van der Waals surface area contributed by atoms with Crippen LogP contribution in [0.3, 0.4) is 0 Å². The number of esters is 1. The van der Waals surface area contributed by atoms with Gasteiger partial charge in [-0.1, -0.05) is 23.7 Å². The predicted molar refractivity (Wildman–Crippen MR) is 101 cm³/mol. The lowest BCUT2D eigenvalue weighted by atomic mass is 10.1. The minimum absolute atomic E-state index is 0.285. The first-order valence-corrected chi connectivity index (χ1v) is 8.70. The fourth-order valence-corrected chi connectivity index (χ4v) is 2.79. The maximum Gasteiger partial charge on any atom is 0.339 e. The van der Waals surface area contributed by atoms with Gasteiger partial charge in [0, 0.05) is 17.1 Å². The molecule has 3 rings (SSSR count). The van der Waals surface area contributed by atoms with Crippen LogP contribution < -0.4 is 5.32 Å². The Bertz CT molecular complexity index is 1010.